The van der Waals surface area contributed by atoms with Gasteiger partial charge >= 0.3 is 5.97 Å². The van der Waals surface area contributed by atoms with Crippen LogP contribution in [-0.2, 0) is 4.79 Å². The Kier molecular flexibility index (Phi) is 3.79. The average molecular weight is 251 g/mol. The van der Waals surface area contributed by atoms with Gasteiger partial charge in [-0.3, -0.25) is 0 Å². The van der Waals surface area contributed by atoms with Crippen LogP contribution in [0, 0.1) is 0 Å². The summed E-state index contributed by atoms with van der Waals surface area (Å²) in [5, 5.41) is 18.3. The van der Waals surface area contributed by atoms with Crippen LogP contribution < -0.4 is 4.74 Å². The Morgan fingerprint density at radius 3 is 2.40 bits per heavy atom. The fraction of sp³-hybridized carbons (Fsp3) is 0.222. The monoisotopic (exact) mass is 250 g/mol. The van der Waals surface area contributed by atoms with Crippen LogP contribution in [0.25, 0.3) is 0 Å². The first-order valence-corrected chi connectivity index (χ1v) is 4.67. The van der Waals surface area contributed by atoms with Gasteiger partial charge in [-0.1, -0.05) is 23.2 Å². The minimum absolute atomic E-state index is 0.0424. The topological polar surface area (TPSA) is 66.8 Å². The Bertz CT molecular complexity index is 392. The van der Waals surface area contributed by atoms with Crippen LogP contribution in [0.2, 0.25) is 10.0 Å². The summed E-state index contributed by atoms with van der Waals surface area (Å²) in [4.78, 5) is 10.6. The molecule has 0 saturated carbocycles. The summed E-state index contributed by atoms with van der Waals surface area (Å²) in [6.07, 6.45) is -1.76. The van der Waals surface area contributed by atoms with Crippen molar-refractivity contribution < 1.29 is 19.7 Å². The van der Waals surface area contributed by atoms with Crippen molar-refractivity contribution >= 4 is 29.2 Å². The van der Waals surface area contributed by atoms with E-state index in [1.54, 1.807) is 0 Å². The second kappa shape index (κ2) is 4.70. The van der Waals surface area contributed by atoms with Gasteiger partial charge in [-0.05, 0) is 12.1 Å². The Morgan fingerprint density at radius 1 is 1.40 bits per heavy atom. The first kappa shape index (κ1) is 12.1. The van der Waals surface area contributed by atoms with E-state index in [4.69, 9.17) is 33.0 Å². The van der Waals surface area contributed by atoms with E-state index >= 15 is 0 Å². The average Bonchev–Trinajstić information content (AvgIpc) is 2.19. The third-order valence-corrected chi connectivity index (χ3v) is 2.43. The molecule has 0 saturated heterocycles. The van der Waals surface area contributed by atoms with Crippen LogP contribution in [-0.4, -0.2) is 23.3 Å². The smallest absolute Gasteiger partial charge is 0.337 e. The molecule has 1 atom stereocenters. The lowest BCUT2D eigenvalue weighted by atomic mass is 10.1. The van der Waals surface area contributed by atoms with E-state index in [0.717, 1.165) is 0 Å². The standard InChI is InChI=1S/C9H8Cl2O4/c1-15-8-5(11)3-2-4(10)6(8)7(12)9(13)14/h2-3,7,12H,1H3,(H,13,14). The molecule has 0 radical (unpaired) electrons. The third-order valence-electron chi connectivity index (χ3n) is 1.81. The Balaban J connectivity index is 3.37. The van der Waals surface area contributed by atoms with E-state index in [9.17, 15) is 9.90 Å². The number of hydrogen-bond acceptors (Lipinski definition) is 3. The number of hydrogen-bond donors (Lipinski definition) is 2. The maximum absolute atomic E-state index is 10.6. The molecule has 15 heavy (non-hydrogen) atoms. The molecule has 0 aliphatic rings. The van der Waals surface area contributed by atoms with Crippen molar-refractivity contribution in [3.63, 3.8) is 0 Å². The van der Waals surface area contributed by atoms with E-state index in [1.165, 1.54) is 19.2 Å². The second-order valence-corrected chi connectivity index (χ2v) is 3.53. The number of carboxylic acids is 1. The van der Waals surface area contributed by atoms with Gasteiger partial charge in [0.15, 0.2) is 6.10 Å². The predicted octanol–water partition coefficient (Wildman–Crippen LogP) is 2.12. The summed E-state index contributed by atoms with van der Waals surface area (Å²) < 4.78 is 4.89. The molecule has 82 valence electrons. The molecule has 0 aliphatic carbocycles. The summed E-state index contributed by atoms with van der Waals surface area (Å²) >= 11 is 11.5. The minimum Gasteiger partial charge on any atom is -0.495 e. The lowest BCUT2D eigenvalue weighted by Gasteiger charge is -2.14. The molecular weight excluding hydrogens is 243 g/mol. The van der Waals surface area contributed by atoms with Crippen LogP contribution in [0.15, 0.2) is 12.1 Å². The molecule has 4 nitrogen and oxygen atoms in total. The third kappa shape index (κ3) is 2.34. The van der Waals surface area contributed by atoms with E-state index in [-0.39, 0.29) is 21.4 Å². The molecule has 0 aliphatic heterocycles. The van der Waals surface area contributed by atoms with Crippen molar-refractivity contribution in [3.05, 3.63) is 27.7 Å². The van der Waals surface area contributed by atoms with Crippen LogP contribution in [0.3, 0.4) is 0 Å². The minimum atomic E-state index is -1.76. The van der Waals surface area contributed by atoms with E-state index < -0.39 is 12.1 Å². The normalized spacial score (nSPS) is 12.3. The number of aliphatic hydroxyl groups is 1. The van der Waals surface area contributed by atoms with Gasteiger partial charge in [-0.2, -0.15) is 0 Å². The fourth-order valence-corrected chi connectivity index (χ4v) is 1.63. The molecule has 1 aromatic carbocycles. The number of methoxy groups -OCH3 is 1. The maximum atomic E-state index is 10.6. The van der Waals surface area contributed by atoms with E-state index in [0.29, 0.717) is 0 Å². The molecular formula is C9H8Cl2O4. The molecule has 0 amide bonds. The second-order valence-electron chi connectivity index (χ2n) is 2.72. The zero-order valence-electron chi connectivity index (χ0n) is 7.70. The summed E-state index contributed by atoms with van der Waals surface area (Å²) in [7, 11) is 1.32. The summed E-state index contributed by atoms with van der Waals surface area (Å²) in [6.45, 7) is 0. The molecule has 0 fully saturated rings. The van der Waals surface area contributed by atoms with E-state index in [2.05, 4.69) is 0 Å². The Hall–Kier alpha value is -0.970. The first-order chi connectivity index (χ1) is 6.99. The summed E-state index contributed by atoms with van der Waals surface area (Å²) in [5.41, 5.74) is -0.0424. The van der Waals surface area contributed by atoms with Gasteiger partial charge in [0.05, 0.1) is 22.7 Å². The van der Waals surface area contributed by atoms with E-state index in [1.807, 2.05) is 0 Å². The predicted molar refractivity (Wildman–Crippen MR) is 55.6 cm³/mol. The molecule has 2 N–H and O–H groups in total. The number of ether oxygens (including phenoxy) is 1. The van der Waals surface area contributed by atoms with Crippen molar-refractivity contribution in [1.82, 2.24) is 0 Å². The number of carboxylic acid groups (broad SMARTS) is 1. The van der Waals surface area contributed by atoms with Crippen LogP contribution >= 0.6 is 23.2 Å². The van der Waals surface area contributed by atoms with Crippen molar-refractivity contribution in [1.29, 1.82) is 0 Å². The van der Waals surface area contributed by atoms with Gasteiger partial charge in [0, 0.05) is 0 Å². The van der Waals surface area contributed by atoms with Gasteiger partial charge in [-0.25, -0.2) is 4.79 Å². The van der Waals surface area contributed by atoms with Crippen molar-refractivity contribution in [2.24, 2.45) is 0 Å². The van der Waals surface area contributed by atoms with Gasteiger partial charge in [0.1, 0.15) is 5.75 Å². The Morgan fingerprint density at radius 2 is 1.93 bits per heavy atom. The number of rotatable bonds is 3. The summed E-state index contributed by atoms with van der Waals surface area (Å²) in [6, 6.07) is 2.86. The molecule has 0 aromatic heterocycles. The fourth-order valence-electron chi connectivity index (χ4n) is 1.13. The lowest BCUT2D eigenvalue weighted by molar-refractivity contribution is -0.147. The highest BCUT2D eigenvalue weighted by Gasteiger charge is 2.25. The van der Waals surface area contributed by atoms with Gasteiger partial charge < -0.3 is 14.9 Å². The number of halogens is 2. The van der Waals surface area contributed by atoms with Crippen LogP contribution in [0.5, 0.6) is 5.75 Å². The molecule has 1 unspecified atom stereocenters. The number of benzene rings is 1. The van der Waals surface area contributed by atoms with Crippen molar-refractivity contribution in [2.45, 2.75) is 6.10 Å². The number of aliphatic hydroxyl groups excluding tert-OH is 1. The van der Waals surface area contributed by atoms with Crippen molar-refractivity contribution in [3.8, 4) is 5.75 Å². The van der Waals surface area contributed by atoms with Crippen molar-refractivity contribution in [2.75, 3.05) is 7.11 Å². The molecule has 0 heterocycles. The van der Waals surface area contributed by atoms with Gasteiger partial charge in [0.2, 0.25) is 0 Å². The van der Waals surface area contributed by atoms with Gasteiger partial charge in [0.25, 0.3) is 0 Å². The lowest BCUT2D eigenvalue weighted by Crippen LogP contribution is -2.12. The molecule has 1 aromatic rings. The quantitative estimate of drug-likeness (QED) is 0.863. The summed E-state index contributed by atoms with van der Waals surface area (Å²) in [5.74, 6) is -1.35. The first-order valence-electron chi connectivity index (χ1n) is 3.91. The highest BCUT2D eigenvalue weighted by molar-refractivity contribution is 6.35. The molecule has 0 spiro atoms. The van der Waals surface area contributed by atoms with Crippen LogP contribution in [0.4, 0.5) is 0 Å². The highest BCUT2D eigenvalue weighted by Crippen LogP contribution is 2.37. The zero-order valence-corrected chi connectivity index (χ0v) is 9.21. The molecule has 0 bridgehead atoms. The number of aliphatic carboxylic acids is 1. The largest absolute Gasteiger partial charge is 0.495 e. The highest BCUT2D eigenvalue weighted by atomic mass is 35.5. The molecule has 1 rings (SSSR count). The SMILES string of the molecule is COc1c(Cl)ccc(Cl)c1C(O)C(=O)O. The van der Waals surface area contributed by atoms with Crippen LogP contribution in [0.1, 0.15) is 11.7 Å². The van der Waals surface area contributed by atoms with Gasteiger partial charge in [-0.15, -0.1) is 0 Å². The zero-order chi connectivity index (χ0) is 11.6. The maximum Gasteiger partial charge on any atom is 0.337 e. The number of carbonyl (C=O) groups is 1. The Labute approximate surface area is 96.0 Å². The molecule has 6 heteroatoms.